The third-order valence-electron chi connectivity index (χ3n) is 20.9. The molecule has 11 aromatic rings. The molecular formula is C90H90B2N2O2. The quantitative estimate of drug-likeness (QED) is 0.155. The molecule has 0 bridgehead atoms. The van der Waals surface area contributed by atoms with Gasteiger partial charge >= 0.3 is 0 Å². The molecule has 4 nitrogen and oxygen atoms in total. The number of nitrogens with zero attached hydrogens (tertiary/aromatic N) is 2. The zero-order valence-corrected chi connectivity index (χ0v) is 59.7. The Morgan fingerprint density at radius 2 is 0.635 bits per heavy atom. The van der Waals surface area contributed by atoms with Gasteiger partial charge in [0.1, 0.15) is 23.0 Å². The molecule has 478 valence electrons. The molecule has 0 N–H and O–H groups in total. The van der Waals surface area contributed by atoms with Gasteiger partial charge in [-0.2, -0.15) is 0 Å². The maximum atomic E-state index is 8.04. The number of rotatable bonds is 6. The van der Waals surface area contributed by atoms with E-state index >= 15 is 0 Å². The van der Waals surface area contributed by atoms with E-state index in [1.54, 1.807) is 0 Å². The van der Waals surface area contributed by atoms with Crippen LogP contribution in [0.4, 0.5) is 34.1 Å². The Kier molecular flexibility index (Phi) is 14.5. The Morgan fingerprint density at radius 3 is 1.02 bits per heavy atom. The smallest absolute Gasteiger partial charge is 0.256 e. The predicted molar refractivity (Wildman–Crippen MR) is 412 cm³/mol. The Balaban J connectivity index is 1.04. The normalized spacial score (nSPS) is 14.0. The molecule has 11 aromatic carbocycles. The first-order valence-electron chi connectivity index (χ1n) is 34.8. The number of ether oxygens (including phenoxy) is 2. The van der Waals surface area contributed by atoms with Gasteiger partial charge < -0.3 is 19.3 Å². The van der Waals surface area contributed by atoms with E-state index < -0.39 is 5.41 Å². The van der Waals surface area contributed by atoms with E-state index in [2.05, 4.69) is 353 Å². The van der Waals surface area contributed by atoms with Crippen LogP contribution in [-0.2, 0) is 32.5 Å². The van der Waals surface area contributed by atoms with E-state index in [0.29, 0.717) is 0 Å². The van der Waals surface area contributed by atoms with Crippen molar-refractivity contribution < 1.29 is 9.47 Å². The molecule has 0 spiro atoms. The zero-order valence-electron chi connectivity index (χ0n) is 59.7. The third kappa shape index (κ3) is 10.6. The Labute approximate surface area is 572 Å². The van der Waals surface area contributed by atoms with Crippen LogP contribution >= 0.6 is 0 Å². The number of fused-ring (bicyclic) bond motifs is 8. The molecule has 15 rings (SSSR count). The standard InChI is InChI=1S/C90H90B2N2O2/c1-85(2,3)61-36-32-55(33-37-61)59-48-75-80-77(50-59)95-83-71(91(80)69-46-42-64(88(10,11)12)52-73(69)93(75)66-44-40-63(41-45-66)87(7,8)9)54-72-84(79(83)90(16,17)18)96-78-51-60(56-34-38-62(39-35-56)86(4,5)6)49-76-81(78)92(72)70-47-43-65(89(13,14)15)53-74(70)94(76)82-67(57-26-21-19-22-27-57)30-25-31-68(82)58-28-23-20-24-29-58/h19-54H,1-18H3. The number of benzene rings is 11. The lowest BCUT2D eigenvalue weighted by atomic mass is 9.30. The minimum absolute atomic E-state index is 0.00493. The number of para-hydroxylation sites is 1. The Morgan fingerprint density at radius 1 is 0.271 bits per heavy atom. The van der Waals surface area contributed by atoms with Gasteiger partial charge in [-0.15, -0.1) is 0 Å². The summed E-state index contributed by atoms with van der Waals surface area (Å²) < 4.78 is 16.0. The van der Waals surface area contributed by atoms with Crippen LogP contribution in [0.25, 0.3) is 44.5 Å². The monoisotopic (exact) mass is 1250 g/mol. The highest BCUT2D eigenvalue weighted by molar-refractivity contribution is 7.02. The number of anilines is 6. The Bertz CT molecular complexity index is 4850. The molecule has 4 aliphatic rings. The van der Waals surface area contributed by atoms with Crippen LogP contribution in [-0.4, -0.2) is 13.4 Å². The number of hydrogen-bond acceptors (Lipinski definition) is 4. The van der Waals surface area contributed by atoms with Crippen molar-refractivity contribution in [3.63, 3.8) is 0 Å². The fourth-order valence-electron chi connectivity index (χ4n) is 15.5. The van der Waals surface area contributed by atoms with Crippen LogP contribution in [0.1, 0.15) is 158 Å². The van der Waals surface area contributed by atoms with E-state index in [-0.39, 0.29) is 40.5 Å². The van der Waals surface area contributed by atoms with Crippen LogP contribution in [0, 0.1) is 0 Å². The molecule has 0 radical (unpaired) electrons. The third-order valence-corrected chi connectivity index (χ3v) is 20.9. The Hall–Kier alpha value is -9.25. The van der Waals surface area contributed by atoms with Crippen molar-refractivity contribution in [2.75, 3.05) is 9.80 Å². The zero-order chi connectivity index (χ0) is 67.5. The van der Waals surface area contributed by atoms with E-state index in [1.165, 1.54) is 49.9 Å². The molecule has 0 amide bonds. The molecule has 0 aliphatic carbocycles. The first-order valence-corrected chi connectivity index (χ1v) is 34.8. The fraction of sp³-hybridized carbons (Fsp3) is 0.267. The summed E-state index contributed by atoms with van der Waals surface area (Å²) in [6.07, 6.45) is 0. The second kappa shape index (κ2) is 22.2. The molecule has 4 heterocycles. The lowest BCUT2D eigenvalue weighted by molar-refractivity contribution is 0.426. The molecule has 0 fully saturated rings. The summed E-state index contributed by atoms with van der Waals surface area (Å²) in [6, 6.07) is 83.5. The van der Waals surface area contributed by atoms with Crippen molar-refractivity contribution in [3.05, 3.63) is 252 Å². The molecule has 0 saturated carbocycles. The van der Waals surface area contributed by atoms with E-state index in [9.17, 15) is 0 Å². The SMILES string of the molecule is CC(C)(C)c1ccc(-c2cc3c4c(c2)N(c2ccc(C(C)(C)C)cc2)c2cc(C(C)(C)C)ccc2B4c2cc4c(c(C(C)(C)C)c2O3)Oc2cc(-c3ccc(C(C)(C)C)cc3)cc3c2B4c2ccc(C(C)(C)C)cc2N3c2c(-c3ccccc3)cccc2-c2ccccc2)cc1. The minimum Gasteiger partial charge on any atom is -0.458 e. The molecule has 4 aliphatic heterocycles. The van der Waals surface area contributed by atoms with Crippen LogP contribution in [0.2, 0.25) is 0 Å². The molecular weight excluding hydrogens is 1160 g/mol. The predicted octanol–water partition coefficient (Wildman–Crippen LogP) is 20.9. The summed E-state index contributed by atoms with van der Waals surface area (Å²) in [5.41, 5.74) is 29.7. The first kappa shape index (κ1) is 62.8. The van der Waals surface area contributed by atoms with Gasteiger partial charge in [-0.1, -0.05) is 294 Å². The molecule has 96 heavy (non-hydrogen) atoms. The van der Waals surface area contributed by atoms with E-state index in [1.807, 2.05) is 0 Å². The minimum atomic E-state index is -0.468. The van der Waals surface area contributed by atoms with Crippen molar-refractivity contribution in [3.8, 4) is 67.5 Å². The van der Waals surface area contributed by atoms with E-state index in [4.69, 9.17) is 9.47 Å². The summed E-state index contributed by atoms with van der Waals surface area (Å²) >= 11 is 0. The van der Waals surface area contributed by atoms with Crippen molar-refractivity contribution in [1.82, 2.24) is 0 Å². The molecule has 0 saturated heterocycles. The van der Waals surface area contributed by atoms with E-state index in [0.717, 1.165) is 118 Å². The average molecular weight is 1250 g/mol. The lowest BCUT2D eigenvalue weighted by Crippen LogP contribution is -2.64. The molecule has 0 aromatic heterocycles. The van der Waals surface area contributed by atoms with Crippen molar-refractivity contribution in [2.24, 2.45) is 0 Å². The highest BCUT2D eigenvalue weighted by atomic mass is 16.5. The van der Waals surface area contributed by atoms with Crippen LogP contribution < -0.4 is 52.1 Å². The van der Waals surface area contributed by atoms with Crippen molar-refractivity contribution >= 4 is 80.3 Å². The fourth-order valence-corrected chi connectivity index (χ4v) is 15.5. The van der Waals surface area contributed by atoms with Gasteiger partial charge in [0.05, 0.1) is 5.69 Å². The van der Waals surface area contributed by atoms with Crippen LogP contribution in [0.15, 0.2) is 218 Å². The molecule has 6 heteroatoms. The summed E-state index contributed by atoms with van der Waals surface area (Å²) in [7, 11) is 0. The van der Waals surface area contributed by atoms with Crippen molar-refractivity contribution in [2.45, 2.75) is 157 Å². The largest absolute Gasteiger partial charge is 0.458 e. The highest BCUT2D eigenvalue weighted by Gasteiger charge is 2.50. The van der Waals surface area contributed by atoms with Crippen LogP contribution in [0.5, 0.6) is 23.0 Å². The van der Waals surface area contributed by atoms with Gasteiger partial charge in [0, 0.05) is 45.1 Å². The van der Waals surface area contributed by atoms with Crippen molar-refractivity contribution in [1.29, 1.82) is 0 Å². The van der Waals surface area contributed by atoms with Gasteiger partial charge in [0.15, 0.2) is 0 Å². The topological polar surface area (TPSA) is 24.9 Å². The maximum Gasteiger partial charge on any atom is 0.256 e. The van der Waals surface area contributed by atoms with Gasteiger partial charge in [-0.25, -0.2) is 0 Å². The lowest BCUT2D eigenvalue weighted by Gasteiger charge is -2.45. The summed E-state index contributed by atoms with van der Waals surface area (Å²) in [5, 5.41) is 0. The van der Waals surface area contributed by atoms with Gasteiger partial charge in [-0.05, 0) is 175 Å². The van der Waals surface area contributed by atoms with Crippen LogP contribution in [0.3, 0.4) is 0 Å². The second-order valence-electron chi connectivity index (χ2n) is 33.8. The van der Waals surface area contributed by atoms with Gasteiger partial charge in [-0.3, -0.25) is 0 Å². The number of hydrogen-bond donors (Lipinski definition) is 0. The van der Waals surface area contributed by atoms with Gasteiger partial charge in [0.2, 0.25) is 0 Å². The first-order chi connectivity index (χ1) is 45.4. The second-order valence-corrected chi connectivity index (χ2v) is 33.8. The van der Waals surface area contributed by atoms with Gasteiger partial charge in [0.25, 0.3) is 13.4 Å². The summed E-state index contributed by atoms with van der Waals surface area (Å²) in [5.74, 6) is 3.47. The highest BCUT2D eigenvalue weighted by Crippen LogP contribution is 2.54. The summed E-state index contributed by atoms with van der Waals surface area (Å²) in [4.78, 5) is 5.17. The maximum absolute atomic E-state index is 8.04. The average Bonchev–Trinajstić information content (AvgIpc) is 0.686. The molecule has 0 atom stereocenters. The summed E-state index contributed by atoms with van der Waals surface area (Å²) in [6.45, 7) is 41.3. The molecule has 0 unspecified atom stereocenters.